The molecule has 0 saturated carbocycles. The molecule has 140 valence electrons. The Morgan fingerprint density at radius 2 is 2.00 bits per heavy atom. The highest BCUT2D eigenvalue weighted by Gasteiger charge is 2.48. The van der Waals surface area contributed by atoms with Gasteiger partial charge in [-0.1, -0.05) is 22.9 Å². The van der Waals surface area contributed by atoms with Crippen molar-refractivity contribution in [2.24, 2.45) is 11.8 Å². The second kappa shape index (κ2) is 7.75. The van der Waals surface area contributed by atoms with E-state index in [0.717, 1.165) is 4.47 Å². The summed E-state index contributed by atoms with van der Waals surface area (Å²) >= 11 is 3.40. The molecule has 7 nitrogen and oxygen atoms in total. The van der Waals surface area contributed by atoms with Gasteiger partial charge in [0.05, 0.1) is 26.2 Å². The number of ether oxygens (including phenoxy) is 3. The lowest BCUT2D eigenvalue weighted by molar-refractivity contribution is -0.157. The van der Waals surface area contributed by atoms with Gasteiger partial charge in [0.2, 0.25) is 5.91 Å². The van der Waals surface area contributed by atoms with E-state index in [4.69, 9.17) is 14.2 Å². The van der Waals surface area contributed by atoms with Crippen LogP contribution in [0.3, 0.4) is 0 Å². The van der Waals surface area contributed by atoms with E-state index in [1.165, 1.54) is 7.11 Å². The molecule has 1 amide bonds. The summed E-state index contributed by atoms with van der Waals surface area (Å²) in [6.07, 6.45) is 0. The molecule has 2 aliphatic heterocycles. The molecule has 2 aliphatic rings. The zero-order valence-corrected chi connectivity index (χ0v) is 16.2. The van der Waals surface area contributed by atoms with Crippen molar-refractivity contribution in [3.8, 4) is 5.75 Å². The predicted octanol–water partition coefficient (Wildman–Crippen LogP) is 1.74. The highest BCUT2D eigenvalue weighted by molar-refractivity contribution is 9.10. The average molecular weight is 426 g/mol. The number of nitrogens with zero attached hydrogens (tertiary/aromatic N) is 1. The van der Waals surface area contributed by atoms with E-state index in [1.54, 1.807) is 30.0 Å². The van der Waals surface area contributed by atoms with Crippen LogP contribution < -0.4 is 4.74 Å². The van der Waals surface area contributed by atoms with Gasteiger partial charge >= 0.3 is 11.9 Å². The average Bonchev–Trinajstić information content (AvgIpc) is 2.66. The van der Waals surface area contributed by atoms with Crippen molar-refractivity contribution in [1.29, 1.82) is 0 Å². The molecule has 0 aliphatic carbocycles. The van der Waals surface area contributed by atoms with Gasteiger partial charge in [-0.05, 0) is 18.2 Å². The molecule has 0 unspecified atom stereocenters. The van der Waals surface area contributed by atoms with Crippen molar-refractivity contribution in [1.82, 2.24) is 4.90 Å². The summed E-state index contributed by atoms with van der Waals surface area (Å²) in [7, 11) is 1.29. The third kappa shape index (κ3) is 3.48. The zero-order chi connectivity index (χ0) is 18.8. The number of amides is 1. The molecule has 1 saturated heterocycles. The second-order valence-electron chi connectivity index (χ2n) is 6.36. The first kappa shape index (κ1) is 18.8. The van der Waals surface area contributed by atoms with Crippen molar-refractivity contribution in [2.45, 2.75) is 12.8 Å². The first-order valence-corrected chi connectivity index (χ1v) is 9.19. The Hall–Kier alpha value is -1.93. The molecular formula is C18H20BrNO6. The zero-order valence-electron chi connectivity index (χ0n) is 14.6. The van der Waals surface area contributed by atoms with E-state index in [1.807, 2.05) is 0 Å². The molecule has 0 radical (unpaired) electrons. The summed E-state index contributed by atoms with van der Waals surface area (Å²) < 4.78 is 16.3. The van der Waals surface area contributed by atoms with E-state index in [9.17, 15) is 14.4 Å². The number of fused-ring (bicyclic) bond motifs is 1. The molecule has 3 atom stereocenters. The van der Waals surface area contributed by atoms with Gasteiger partial charge in [0.15, 0.2) is 0 Å². The largest absolute Gasteiger partial charge is 0.469 e. The first-order valence-electron chi connectivity index (χ1n) is 8.39. The number of carbonyl (C=O) groups excluding carboxylic acids is 3. The number of carbonyl (C=O) groups is 3. The molecule has 0 N–H and O–H groups in total. The fraction of sp³-hybridized carbons (Fsp3) is 0.500. The van der Waals surface area contributed by atoms with Crippen LogP contribution in [0.15, 0.2) is 22.7 Å². The van der Waals surface area contributed by atoms with Gasteiger partial charge in [0, 0.05) is 29.0 Å². The maximum atomic E-state index is 13.1. The fourth-order valence-electron chi connectivity index (χ4n) is 3.50. The van der Waals surface area contributed by atoms with Crippen LogP contribution in [0.4, 0.5) is 0 Å². The first-order chi connectivity index (χ1) is 12.4. The van der Waals surface area contributed by atoms with Gasteiger partial charge in [-0.2, -0.15) is 0 Å². The van der Waals surface area contributed by atoms with Crippen LogP contribution in [0, 0.1) is 11.8 Å². The minimum Gasteiger partial charge on any atom is -0.469 e. The number of hydrogen-bond acceptors (Lipinski definition) is 6. The van der Waals surface area contributed by atoms with Crippen molar-refractivity contribution in [2.75, 3.05) is 33.4 Å². The molecule has 1 fully saturated rings. The maximum absolute atomic E-state index is 13.1. The number of rotatable bonds is 3. The summed E-state index contributed by atoms with van der Waals surface area (Å²) in [6, 6.07) is 5.19. The predicted molar refractivity (Wildman–Crippen MR) is 94.6 cm³/mol. The Morgan fingerprint density at radius 1 is 1.31 bits per heavy atom. The fourth-order valence-corrected chi connectivity index (χ4v) is 3.87. The Morgan fingerprint density at radius 3 is 2.65 bits per heavy atom. The molecular weight excluding hydrogens is 406 g/mol. The minimum atomic E-state index is -1.09. The summed E-state index contributed by atoms with van der Waals surface area (Å²) in [6.45, 7) is 3.33. The molecule has 1 aromatic rings. The maximum Gasteiger partial charge on any atom is 0.324 e. The van der Waals surface area contributed by atoms with E-state index >= 15 is 0 Å². The Bertz CT molecular complexity index is 730. The highest BCUT2D eigenvalue weighted by atomic mass is 79.9. The van der Waals surface area contributed by atoms with Gasteiger partial charge in [-0.25, -0.2) is 0 Å². The van der Waals surface area contributed by atoms with E-state index in [2.05, 4.69) is 15.9 Å². The molecule has 0 spiro atoms. The molecule has 0 bridgehead atoms. The van der Waals surface area contributed by atoms with Crippen molar-refractivity contribution in [3.05, 3.63) is 28.2 Å². The van der Waals surface area contributed by atoms with Crippen LogP contribution >= 0.6 is 15.9 Å². The second-order valence-corrected chi connectivity index (χ2v) is 7.27. The molecule has 26 heavy (non-hydrogen) atoms. The molecule has 1 aromatic carbocycles. The van der Waals surface area contributed by atoms with Gasteiger partial charge in [0.1, 0.15) is 11.7 Å². The molecule has 8 heteroatoms. The normalized spacial score (nSPS) is 23.7. The number of hydrogen-bond donors (Lipinski definition) is 0. The third-order valence-electron chi connectivity index (χ3n) is 4.86. The molecule has 3 rings (SSSR count). The highest BCUT2D eigenvalue weighted by Crippen LogP contribution is 2.44. The molecule has 0 aromatic heterocycles. The van der Waals surface area contributed by atoms with Crippen LogP contribution in [-0.2, 0) is 23.9 Å². The lowest BCUT2D eigenvalue weighted by Crippen LogP contribution is -2.50. The summed E-state index contributed by atoms with van der Waals surface area (Å²) in [5.41, 5.74) is 0.642. The SMILES string of the molecule is COC(=O)[C@H](C)[C@@H]1c2cc(Br)ccc2OC(=O)[C@@H]1C(=O)N1CCOCC1. The van der Waals surface area contributed by atoms with Gasteiger partial charge < -0.3 is 19.1 Å². The van der Waals surface area contributed by atoms with Crippen LogP contribution in [-0.4, -0.2) is 56.2 Å². The summed E-state index contributed by atoms with van der Waals surface area (Å²) in [5.74, 6) is -3.53. The van der Waals surface area contributed by atoms with E-state index in [-0.39, 0.29) is 5.91 Å². The van der Waals surface area contributed by atoms with Gasteiger partial charge in [0.25, 0.3) is 0 Å². The smallest absolute Gasteiger partial charge is 0.324 e. The van der Waals surface area contributed by atoms with Gasteiger partial charge in [-0.15, -0.1) is 0 Å². The minimum absolute atomic E-state index is 0.343. The standard InChI is InChI=1S/C18H20BrNO6/c1-10(17(22)24-2)14-12-9-11(19)3-4-13(12)26-18(23)15(14)16(21)20-5-7-25-8-6-20/h3-4,9-10,14-15H,5-8H2,1-2H3/t10-,14-,15+/m1/s1. The van der Waals surface area contributed by atoms with E-state index < -0.39 is 29.7 Å². The van der Waals surface area contributed by atoms with Crippen LogP contribution in [0.25, 0.3) is 0 Å². The topological polar surface area (TPSA) is 82.1 Å². The molecule has 2 heterocycles. The number of morpholine rings is 1. The van der Waals surface area contributed by atoms with Crippen LogP contribution in [0.2, 0.25) is 0 Å². The van der Waals surface area contributed by atoms with Crippen LogP contribution in [0.5, 0.6) is 5.75 Å². The monoisotopic (exact) mass is 425 g/mol. The third-order valence-corrected chi connectivity index (χ3v) is 5.35. The van der Waals surface area contributed by atoms with Crippen molar-refractivity contribution >= 4 is 33.8 Å². The quantitative estimate of drug-likeness (QED) is 0.416. The Balaban J connectivity index is 2.03. The summed E-state index contributed by atoms with van der Waals surface area (Å²) in [4.78, 5) is 39.6. The Kier molecular flexibility index (Phi) is 5.62. The van der Waals surface area contributed by atoms with Crippen LogP contribution in [0.1, 0.15) is 18.4 Å². The van der Waals surface area contributed by atoms with Crippen molar-refractivity contribution < 1.29 is 28.6 Å². The lowest BCUT2D eigenvalue weighted by atomic mass is 9.75. The number of esters is 2. The number of benzene rings is 1. The van der Waals surface area contributed by atoms with Crippen molar-refractivity contribution in [3.63, 3.8) is 0 Å². The summed E-state index contributed by atoms with van der Waals surface area (Å²) in [5, 5.41) is 0. The van der Waals surface area contributed by atoms with Gasteiger partial charge in [-0.3, -0.25) is 14.4 Å². The number of halogens is 1. The van der Waals surface area contributed by atoms with E-state index in [0.29, 0.717) is 37.6 Å². The number of methoxy groups -OCH3 is 1. The Labute approximate surface area is 159 Å². The lowest BCUT2D eigenvalue weighted by Gasteiger charge is -2.37.